The van der Waals surface area contributed by atoms with Gasteiger partial charge in [-0.3, -0.25) is 0 Å². The van der Waals surface area contributed by atoms with Gasteiger partial charge in [0.05, 0.1) is 15.7 Å². The van der Waals surface area contributed by atoms with E-state index in [4.69, 9.17) is 11.0 Å². The summed E-state index contributed by atoms with van der Waals surface area (Å²) in [6, 6.07) is 5.39. The van der Waals surface area contributed by atoms with Gasteiger partial charge in [0.15, 0.2) is 5.82 Å². The van der Waals surface area contributed by atoms with Gasteiger partial charge in [0.1, 0.15) is 6.07 Å². The number of nitrogens with two attached hydrogens (primary N) is 1. The second-order valence-corrected chi connectivity index (χ2v) is 5.52. The van der Waals surface area contributed by atoms with Crippen LogP contribution in [0.1, 0.15) is 18.9 Å². The van der Waals surface area contributed by atoms with E-state index in [-0.39, 0.29) is 16.3 Å². The second kappa shape index (κ2) is 5.25. The van der Waals surface area contributed by atoms with Crippen LogP contribution in [-0.2, 0) is 0 Å². The van der Waals surface area contributed by atoms with Crippen molar-refractivity contribution in [2.24, 2.45) is 11.7 Å². The Morgan fingerprint density at radius 1 is 1.61 bits per heavy atom. The van der Waals surface area contributed by atoms with Crippen molar-refractivity contribution in [2.45, 2.75) is 19.4 Å². The summed E-state index contributed by atoms with van der Waals surface area (Å²) in [6.45, 7) is 3.56. The first-order valence-corrected chi connectivity index (χ1v) is 6.72. The Labute approximate surface area is 115 Å². The van der Waals surface area contributed by atoms with Gasteiger partial charge in [0, 0.05) is 19.1 Å². The van der Waals surface area contributed by atoms with E-state index in [2.05, 4.69) is 15.9 Å². The molecule has 0 aliphatic carbocycles. The first-order valence-electron chi connectivity index (χ1n) is 5.93. The molecule has 0 bridgehead atoms. The summed E-state index contributed by atoms with van der Waals surface area (Å²) in [6.07, 6.45) is 0.981. The molecule has 0 radical (unpaired) electrons. The lowest BCUT2D eigenvalue weighted by atomic mass is 10.0. The van der Waals surface area contributed by atoms with Crippen LogP contribution in [0.5, 0.6) is 0 Å². The van der Waals surface area contributed by atoms with Crippen molar-refractivity contribution < 1.29 is 4.39 Å². The molecule has 1 aromatic carbocycles. The van der Waals surface area contributed by atoms with Crippen molar-refractivity contribution in [3.63, 3.8) is 0 Å². The second-order valence-electron chi connectivity index (χ2n) is 4.73. The Bertz CT molecular complexity index is 496. The molecule has 2 N–H and O–H groups in total. The average molecular weight is 312 g/mol. The predicted molar refractivity (Wildman–Crippen MR) is 72.8 cm³/mol. The summed E-state index contributed by atoms with van der Waals surface area (Å²) >= 11 is 3.13. The maximum absolute atomic E-state index is 14.2. The van der Waals surface area contributed by atoms with Crippen LogP contribution < -0.4 is 10.6 Å². The van der Waals surface area contributed by atoms with Crippen LogP contribution in [0.15, 0.2) is 16.6 Å². The quantitative estimate of drug-likeness (QED) is 0.913. The summed E-state index contributed by atoms with van der Waals surface area (Å²) in [5.74, 6) is 0.0400. The van der Waals surface area contributed by atoms with E-state index in [0.29, 0.717) is 17.2 Å². The molecule has 18 heavy (non-hydrogen) atoms. The Hall–Kier alpha value is -1.12. The van der Waals surface area contributed by atoms with Gasteiger partial charge in [-0.2, -0.15) is 5.26 Å². The van der Waals surface area contributed by atoms with Crippen molar-refractivity contribution in [3.8, 4) is 6.07 Å². The summed E-state index contributed by atoms with van der Waals surface area (Å²) in [5, 5.41) is 8.84. The van der Waals surface area contributed by atoms with E-state index in [1.807, 2.05) is 17.9 Å². The van der Waals surface area contributed by atoms with Crippen molar-refractivity contribution >= 4 is 21.6 Å². The Kier molecular flexibility index (Phi) is 3.88. The van der Waals surface area contributed by atoms with E-state index >= 15 is 0 Å². The largest absolute Gasteiger partial charge is 0.369 e. The number of nitrogens with zero attached hydrogens (tertiary/aromatic N) is 2. The van der Waals surface area contributed by atoms with Crippen LogP contribution in [0.4, 0.5) is 10.1 Å². The summed E-state index contributed by atoms with van der Waals surface area (Å²) < 4.78 is 14.4. The van der Waals surface area contributed by atoms with E-state index in [9.17, 15) is 4.39 Å². The van der Waals surface area contributed by atoms with Crippen LogP contribution in [-0.4, -0.2) is 19.1 Å². The summed E-state index contributed by atoms with van der Waals surface area (Å²) in [5.41, 5.74) is 6.74. The third-order valence-electron chi connectivity index (χ3n) is 3.49. The lowest BCUT2D eigenvalue weighted by molar-refractivity contribution is 0.487. The van der Waals surface area contributed by atoms with Crippen molar-refractivity contribution in [2.75, 3.05) is 18.0 Å². The molecule has 0 aromatic heterocycles. The maximum Gasteiger partial charge on any atom is 0.161 e. The number of anilines is 1. The zero-order valence-corrected chi connectivity index (χ0v) is 11.7. The predicted octanol–water partition coefficient (Wildman–Crippen LogP) is 2.63. The van der Waals surface area contributed by atoms with Crippen LogP contribution in [0.25, 0.3) is 0 Å². The minimum atomic E-state index is -0.362. The molecular weight excluding hydrogens is 297 g/mol. The number of hydrogen-bond acceptors (Lipinski definition) is 3. The van der Waals surface area contributed by atoms with E-state index < -0.39 is 0 Å². The fourth-order valence-electron chi connectivity index (χ4n) is 2.31. The van der Waals surface area contributed by atoms with Crippen LogP contribution in [0.2, 0.25) is 0 Å². The Morgan fingerprint density at radius 2 is 2.33 bits per heavy atom. The van der Waals surface area contributed by atoms with Crippen molar-refractivity contribution in [1.82, 2.24) is 0 Å². The molecule has 5 heteroatoms. The number of nitriles is 1. The monoisotopic (exact) mass is 311 g/mol. The maximum atomic E-state index is 14.2. The fourth-order valence-corrected chi connectivity index (χ4v) is 2.73. The summed E-state index contributed by atoms with van der Waals surface area (Å²) in [4.78, 5) is 2.00. The molecule has 1 fully saturated rings. The first kappa shape index (κ1) is 13.3. The molecule has 2 rings (SSSR count). The molecule has 1 aliphatic heterocycles. The number of benzene rings is 1. The first-order chi connectivity index (χ1) is 8.54. The minimum absolute atomic E-state index is 0.125. The van der Waals surface area contributed by atoms with Crippen molar-refractivity contribution in [3.05, 3.63) is 28.0 Å². The van der Waals surface area contributed by atoms with Crippen molar-refractivity contribution in [1.29, 1.82) is 5.26 Å². The van der Waals surface area contributed by atoms with Gasteiger partial charge >= 0.3 is 0 Å². The van der Waals surface area contributed by atoms with Gasteiger partial charge in [-0.1, -0.05) is 0 Å². The van der Waals surface area contributed by atoms with Gasteiger partial charge in [0.25, 0.3) is 0 Å². The molecule has 0 amide bonds. The molecule has 1 aromatic rings. The lowest BCUT2D eigenvalue weighted by Gasteiger charge is -2.21. The summed E-state index contributed by atoms with van der Waals surface area (Å²) in [7, 11) is 0. The zero-order chi connectivity index (χ0) is 13.3. The Balaban J connectivity index is 2.26. The Morgan fingerprint density at radius 3 is 2.89 bits per heavy atom. The highest BCUT2D eigenvalue weighted by molar-refractivity contribution is 9.10. The lowest BCUT2D eigenvalue weighted by Crippen LogP contribution is -2.30. The average Bonchev–Trinajstić information content (AvgIpc) is 2.82. The minimum Gasteiger partial charge on any atom is -0.369 e. The highest BCUT2D eigenvalue weighted by Gasteiger charge is 2.27. The SMILES string of the molecule is CC(N)C1CCN(c2ccc(C#N)c(Br)c2F)C1. The molecule has 0 spiro atoms. The third kappa shape index (κ3) is 2.36. The fraction of sp³-hybridized carbons (Fsp3) is 0.462. The van der Waals surface area contributed by atoms with Gasteiger partial charge in [-0.05, 0) is 47.3 Å². The van der Waals surface area contributed by atoms with Gasteiger partial charge in [-0.15, -0.1) is 0 Å². The molecule has 0 saturated carbocycles. The molecule has 1 heterocycles. The number of halogens is 2. The highest BCUT2D eigenvalue weighted by atomic mass is 79.9. The van der Waals surface area contributed by atoms with Crippen LogP contribution in [0.3, 0.4) is 0 Å². The molecular formula is C13H15BrFN3. The third-order valence-corrected chi connectivity index (χ3v) is 4.27. The highest BCUT2D eigenvalue weighted by Crippen LogP contribution is 2.32. The van der Waals surface area contributed by atoms with Gasteiger partial charge in [-0.25, -0.2) is 4.39 Å². The number of rotatable bonds is 2. The van der Waals surface area contributed by atoms with Gasteiger partial charge in [0.2, 0.25) is 0 Å². The molecule has 96 valence electrons. The molecule has 1 saturated heterocycles. The van der Waals surface area contributed by atoms with Crippen LogP contribution >= 0.6 is 15.9 Å². The molecule has 2 unspecified atom stereocenters. The number of hydrogen-bond donors (Lipinski definition) is 1. The van der Waals surface area contributed by atoms with E-state index in [1.54, 1.807) is 12.1 Å². The zero-order valence-electron chi connectivity index (χ0n) is 10.2. The molecule has 2 atom stereocenters. The van der Waals surface area contributed by atoms with Crippen LogP contribution in [0, 0.1) is 23.1 Å². The van der Waals surface area contributed by atoms with Gasteiger partial charge < -0.3 is 10.6 Å². The van der Waals surface area contributed by atoms with E-state index in [1.165, 1.54) is 0 Å². The standard InChI is InChI=1S/C13H15BrFN3/c1-8(17)10-4-5-18(7-10)11-3-2-9(6-16)12(14)13(11)15/h2-3,8,10H,4-5,7,17H2,1H3. The molecule has 3 nitrogen and oxygen atoms in total. The topological polar surface area (TPSA) is 53.0 Å². The van der Waals surface area contributed by atoms with E-state index in [0.717, 1.165) is 19.5 Å². The smallest absolute Gasteiger partial charge is 0.161 e. The normalized spacial score (nSPS) is 20.8. The molecule has 1 aliphatic rings.